The Balaban J connectivity index is 1.41. The largest absolute Gasteiger partial charge is 0.374 e. The number of rotatable bonds is 2. The summed E-state index contributed by atoms with van der Waals surface area (Å²) in [5.74, 6) is 1.06. The van der Waals surface area contributed by atoms with Gasteiger partial charge in [0.1, 0.15) is 5.82 Å². The first kappa shape index (κ1) is 16.0. The van der Waals surface area contributed by atoms with E-state index in [0.29, 0.717) is 19.2 Å². The zero-order chi connectivity index (χ0) is 16.5. The summed E-state index contributed by atoms with van der Waals surface area (Å²) in [5, 5.41) is 0. The number of hydrogen-bond donors (Lipinski definition) is 0. The van der Waals surface area contributed by atoms with Gasteiger partial charge in [0.2, 0.25) is 5.91 Å². The molecular weight excluding hydrogens is 304 g/mol. The molecular formula is C18H26N4O2. The average molecular weight is 330 g/mol. The highest BCUT2D eigenvalue weighted by Gasteiger charge is 2.37. The van der Waals surface area contributed by atoms with Crippen molar-refractivity contribution >= 4 is 5.91 Å². The van der Waals surface area contributed by atoms with Crippen LogP contribution in [0.5, 0.6) is 0 Å². The first-order valence-corrected chi connectivity index (χ1v) is 9.15. The third-order valence-electron chi connectivity index (χ3n) is 5.56. The van der Waals surface area contributed by atoms with Gasteiger partial charge in [-0.2, -0.15) is 0 Å². The van der Waals surface area contributed by atoms with Crippen molar-refractivity contribution in [3.8, 4) is 0 Å². The molecule has 0 spiro atoms. The van der Waals surface area contributed by atoms with E-state index in [2.05, 4.69) is 19.8 Å². The van der Waals surface area contributed by atoms with Gasteiger partial charge in [-0.15, -0.1) is 0 Å². The third kappa shape index (κ3) is 3.17. The van der Waals surface area contributed by atoms with Gasteiger partial charge in [-0.1, -0.05) is 12.8 Å². The summed E-state index contributed by atoms with van der Waals surface area (Å²) in [6, 6.07) is 0.293. The molecule has 1 aromatic rings. The molecule has 4 rings (SSSR count). The molecule has 0 radical (unpaired) electrons. The van der Waals surface area contributed by atoms with Gasteiger partial charge in [0, 0.05) is 25.8 Å². The van der Waals surface area contributed by atoms with Crippen LogP contribution >= 0.6 is 0 Å². The van der Waals surface area contributed by atoms with Crippen molar-refractivity contribution in [3.63, 3.8) is 0 Å². The molecule has 1 aromatic heterocycles. The van der Waals surface area contributed by atoms with E-state index >= 15 is 0 Å². The van der Waals surface area contributed by atoms with Gasteiger partial charge in [-0.25, -0.2) is 9.97 Å². The fourth-order valence-electron chi connectivity index (χ4n) is 4.28. The fraction of sp³-hybridized carbons (Fsp3) is 0.722. The minimum Gasteiger partial charge on any atom is -0.374 e. The van der Waals surface area contributed by atoms with E-state index in [0.717, 1.165) is 50.4 Å². The van der Waals surface area contributed by atoms with Crippen LogP contribution in [0.25, 0.3) is 0 Å². The highest BCUT2D eigenvalue weighted by atomic mass is 16.5. The number of ether oxygens (including phenoxy) is 1. The Kier molecular flexibility index (Phi) is 4.50. The van der Waals surface area contributed by atoms with Crippen LogP contribution in [-0.2, 0) is 22.5 Å². The van der Waals surface area contributed by atoms with Crippen LogP contribution in [0.3, 0.4) is 0 Å². The molecule has 1 saturated carbocycles. The first-order valence-electron chi connectivity index (χ1n) is 9.15. The van der Waals surface area contributed by atoms with Crippen molar-refractivity contribution in [3.05, 3.63) is 23.3 Å². The molecule has 130 valence electrons. The molecule has 6 nitrogen and oxygen atoms in total. The van der Waals surface area contributed by atoms with Gasteiger partial charge < -0.3 is 9.64 Å². The van der Waals surface area contributed by atoms with Crippen LogP contribution in [0.1, 0.15) is 42.8 Å². The molecule has 0 bridgehead atoms. The minimum absolute atomic E-state index is 0.254. The van der Waals surface area contributed by atoms with Crippen LogP contribution in [0, 0.1) is 6.92 Å². The van der Waals surface area contributed by atoms with Crippen molar-refractivity contribution in [2.45, 2.75) is 57.7 Å². The molecule has 24 heavy (non-hydrogen) atoms. The average Bonchev–Trinajstić information content (AvgIpc) is 2.61. The Hall–Kier alpha value is -1.53. The molecule has 1 amide bonds. The Morgan fingerprint density at radius 1 is 1.33 bits per heavy atom. The highest BCUT2D eigenvalue weighted by molar-refractivity contribution is 5.78. The van der Waals surface area contributed by atoms with Crippen LogP contribution in [0.2, 0.25) is 0 Å². The second kappa shape index (κ2) is 6.76. The Labute approximate surface area is 143 Å². The predicted octanol–water partition coefficient (Wildman–Crippen LogP) is 1.31. The van der Waals surface area contributed by atoms with Gasteiger partial charge in [-0.3, -0.25) is 9.69 Å². The lowest BCUT2D eigenvalue weighted by Crippen LogP contribution is -2.57. The molecule has 6 heteroatoms. The van der Waals surface area contributed by atoms with Gasteiger partial charge in [0.05, 0.1) is 31.0 Å². The molecule has 3 aliphatic rings. The third-order valence-corrected chi connectivity index (χ3v) is 5.56. The van der Waals surface area contributed by atoms with E-state index in [4.69, 9.17) is 4.74 Å². The van der Waals surface area contributed by atoms with Crippen LogP contribution in [-0.4, -0.2) is 64.1 Å². The number of fused-ring (bicyclic) bond motifs is 2. The van der Waals surface area contributed by atoms with Crippen molar-refractivity contribution in [2.24, 2.45) is 0 Å². The molecule has 1 aliphatic carbocycles. The van der Waals surface area contributed by atoms with Gasteiger partial charge in [0.15, 0.2) is 0 Å². The monoisotopic (exact) mass is 330 g/mol. The van der Waals surface area contributed by atoms with Gasteiger partial charge in [0.25, 0.3) is 0 Å². The molecule has 0 N–H and O–H groups in total. The van der Waals surface area contributed by atoms with Crippen molar-refractivity contribution in [2.75, 3.05) is 26.2 Å². The second-order valence-corrected chi connectivity index (χ2v) is 7.20. The van der Waals surface area contributed by atoms with Crippen molar-refractivity contribution in [1.29, 1.82) is 0 Å². The molecule has 2 atom stereocenters. The normalized spacial score (nSPS) is 27.5. The molecule has 2 aliphatic heterocycles. The SMILES string of the molecule is Cc1ncc2c(n1)CN(CC(=O)N1CCO[C@H]3CCCC[C@@H]31)CC2. The summed E-state index contributed by atoms with van der Waals surface area (Å²) < 4.78 is 5.89. The number of aryl methyl sites for hydroxylation is 1. The maximum Gasteiger partial charge on any atom is 0.237 e. The molecule has 1 saturated heterocycles. The van der Waals surface area contributed by atoms with E-state index in [-0.39, 0.29) is 12.0 Å². The standard InChI is InChI=1S/C18H26N4O2/c1-13-19-10-14-6-7-21(11-15(14)20-13)12-18(23)22-8-9-24-17-5-3-2-4-16(17)22/h10,16-17H,2-9,11-12H2,1H3/t16-,17-/m0/s1. The number of carbonyl (C=O) groups is 1. The summed E-state index contributed by atoms with van der Waals surface area (Å²) in [7, 11) is 0. The van der Waals surface area contributed by atoms with E-state index in [1.807, 2.05) is 13.1 Å². The van der Waals surface area contributed by atoms with Gasteiger partial charge >= 0.3 is 0 Å². The number of aromatic nitrogens is 2. The van der Waals surface area contributed by atoms with E-state index < -0.39 is 0 Å². The Morgan fingerprint density at radius 3 is 3.12 bits per heavy atom. The Bertz CT molecular complexity index is 619. The summed E-state index contributed by atoms with van der Waals surface area (Å²) >= 11 is 0. The molecule has 2 fully saturated rings. The van der Waals surface area contributed by atoms with Gasteiger partial charge in [-0.05, 0) is 31.7 Å². The summed E-state index contributed by atoms with van der Waals surface area (Å²) in [4.78, 5) is 26.0. The van der Waals surface area contributed by atoms with Crippen molar-refractivity contribution < 1.29 is 9.53 Å². The predicted molar refractivity (Wildman–Crippen MR) is 89.5 cm³/mol. The minimum atomic E-state index is 0.254. The maximum atomic E-state index is 12.9. The molecule has 0 unspecified atom stereocenters. The zero-order valence-corrected chi connectivity index (χ0v) is 14.4. The fourth-order valence-corrected chi connectivity index (χ4v) is 4.28. The smallest absolute Gasteiger partial charge is 0.237 e. The van der Waals surface area contributed by atoms with Crippen LogP contribution < -0.4 is 0 Å². The second-order valence-electron chi connectivity index (χ2n) is 7.20. The summed E-state index contributed by atoms with van der Waals surface area (Å²) in [6.45, 7) is 5.49. The number of amides is 1. The van der Waals surface area contributed by atoms with E-state index in [1.165, 1.54) is 18.4 Å². The lowest BCUT2D eigenvalue weighted by molar-refractivity contribution is -0.150. The number of carbonyl (C=O) groups excluding carboxylic acids is 1. The lowest BCUT2D eigenvalue weighted by atomic mass is 9.90. The van der Waals surface area contributed by atoms with Crippen molar-refractivity contribution in [1.82, 2.24) is 19.8 Å². The zero-order valence-electron chi connectivity index (χ0n) is 14.4. The summed E-state index contributed by atoms with van der Waals surface area (Å²) in [6.07, 6.45) is 7.75. The van der Waals surface area contributed by atoms with E-state index in [9.17, 15) is 4.79 Å². The molecule has 0 aromatic carbocycles. The topological polar surface area (TPSA) is 58.6 Å². The van der Waals surface area contributed by atoms with E-state index in [1.54, 1.807) is 0 Å². The van der Waals surface area contributed by atoms with Crippen LogP contribution in [0.4, 0.5) is 0 Å². The van der Waals surface area contributed by atoms with Crippen LogP contribution in [0.15, 0.2) is 6.20 Å². The first-order chi connectivity index (χ1) is 11.7. The quantitative estimate of drug-likeness (QED) is 0.818. The number of morpholine rings is 1. The summed E-state index contributed by atoms with van der Waals surface area (Å²) in [5.41, 5.74) is 2.31. The number of nitrogens with zero attached hydrogens (tertiary/aromatic N) is 4. The molecule has 3 heterocycles. The Morgan fingerprint density at radius 2 is 2.21 bits per heavy atom. The number of hydrogen-bond acceptors (Lipinski definition) is 5. The highest BCUT2D eigenvalue weighted by Crippen LogP contribution is 2.28. The maximum absolute atomic E-state index is 12.9. The lowest BCUT2D eigenvalue weighted by Gasteiger charge is -2.44.